The van der Waals surface area contributed by atoms with Crippen LogP contribution in [0, 0.1) is 5.92 Å². The van der Waals surface area contributed by atoms with E-state index in [1.165, 1.54) is 0 Å². The Bertz CT molecular complexity index is 149. The quantitative estimate of drug-likeness (QED) is 0.486. The number of carboxylic acids is 2. The van der Waals surface area contributed by atoms with E-state index in [1.54, 1.807) is 6.92 Å². The fraction of sp³-hybridized carbons (Fsp3) is 0.750. The third kappa shape index (κ3) is 17.1. The van der Waals surface area contributed by atoms with Gasteiger partial charge in [0.25, 0.3) is 0 Å². The molecule has 6 nitrogen and oxygen atoms in total. The molecule has 0 heterocycles. The standard InChI is InChI=1S/C4H6O4.C4H10O2/c5-3(6)1-2-4(7)8;1-4(2-5)3-6/h1-2H2,(H,5,6)(H,7,8);4-6H,2-3H2,1H3. The number of aliphatic hydroxyl groups is 2. The lowest BCUT2D eigenvalue weighted by atomic mass is 10.2. The highest BCUT2D eigenvalue weighted by atomic mass is 16.4. The van der Waals surface area contributed by atoms with Gasteiger partial charge >= 0.3 is 11.9 Å². The number of rotatable bonds is 5. The van der Waals surface area contributed by atoms with E-state index in [9.17, 15) is 9.59 Å². The Morgan fingerprint density at radius 2 is 1.29 bits per heavy atom. The zero-order valence-corrected chi connectivity index (χ0v) is 8.01. The fourth-order valence-electron chi connectivity index (χ4n) is 0.272. The van der Waals surface area contributed by atoms with Crippen molar-refractivity contribution in [3.8, 4) is 0 Å². The minimum atomic E-state index is -1.08. The van der Waals surface area contributed by atoms with E-state index in [4.69, 9.17) is 20.4 Å². The van der Waals surface area contributed by atoms with Gasteiger partial charge in [0.05, 0.1) is 12.8 Å². The van der Waals surface area contributed by atoms with Crippen LogP contribution in [0.15, 0.2) is 0 Å². The molecule has 0 rings (SSSR count). The summed E-state index contributed by atoms with van der Waals surface area (Å²) in [5, 5.41) is 32.1. The Morgan fingerprint density at radius 1 is 1.00 bits per heavy atom. The zero-order valence-electron chi connectivity index (χ0n) is 8.01. The van der Waals surface area contributed by atoms with Gasteiger partial charge in [-0.05, 0) is 0 Å². The van der Waals surface area contributed by atoms with Gasteiger partial charge in [-0.15, -0.1) is 0 Å². The summed E-state index contributed by atoms with van der Waals surface area (Å²) < 4.78 is 0. The highest BCUT2D eigenvalue weighted by Crippen LogP contribution is 1.86. The van der Waals surface area contributed by atoms with Crippen molar-refractivity contribution in [2.45, 2.75) is 19.8 Å². The van der Waals surface area contributed by atoms with Crippen molar-refractivity contribution >= 4 is 11.9 Å². The van der Waals surface area contributed by atoms with Gasteiger partial charge in [-0.25, -0.2) is 0 Å². The largest absolute Gasteiger partial charge is 0.481 e. The lowest BCUT2D eigenvalue weighted by Crippen LogP contribution is -2.04. The molecular weight excluding hydrogens is 192 g/mol. The Labute approximate surface area is 81.8 Å². The van der Waals surface area contributed by atoms with E-state index in [2.05, 4.69) is 0 Å². The van der Waals surface area contributed by atoms with E-state index in [-0.39, 0.29) is 32.0 Å². The molecule has 0 radical (unpaired) electrons. The number of hydrogen-bond acceptors (Lipinski definition) is 4. The summed E-state index contributed by atoms with van der Waals surface area (Å²) in [7, 11) is 0. The third-order valence-corrected chi connectivity index (χ3v) is 1.18. The molecule has 6 heteroatoms. The van der Waals surface area contributed by atoms with Crippen LogP contribution in [0.1, 0.15) is 19.8 Å². The van der Waals surface area contributed by atoms with Gasteiger partial charge < -0.3 is 20.4 Å². The molecule has 84 valence electrons. The molecule has 0 aliphatic carbocycles. The number of aliphatic hydroxyl groups excluding tert-OH is 2. The van der Waals surface area contributed by atoms with Gasteiger partial charge in [0.2, 0.25) is 0 Å². The van der Waals surface area contributed by atoms with Gasteiger partial charge in [-0.3, -0.25) is 9.59 Å². The highest BCUT2D eigenvalue weighted by molar-refractivity contribution is 5.75. The first-order valence-corrected chi connectivity index (χ1v) is 4.09. The maximum Gasteiger partial charge on any atom is 0.303 e. The van der Waals surface area contributed by atoms with E-state index in [0.29, 0.717) is 0 Å². The summed E-state index contributed by atoms with van der Waals surface area (Å²) >= 11 is 0. The van der Waals surface area contributed by atoms with Crippen molar-refractivity contribution in [1.82, 2.24) is 0 Å². The van der Waals surface area contributed by atoms with Crippen molar-refractivity contribution in [1.29, 1.82) is 0 Å². The SMILES string of the molecule is CC(CO)CO.O=C(O)CCC(=O)O. The van der Waals surface area contributed by atoms with Gasteiger partial charge in [-0.2, -0.15) is 0 Å². The van der Waals surface area contributed by atoms with Crippen molar-refractivity contribution in [2.75, 3.05) is 13.2 Å². The first-order chi connectivity index (χ1) is 6.43. The van der Waals surface area contributed by atoms with Crippen LogP contribution in [0.5, 0.6) is 0 Å². The Kier molecular flexibility index (Phi) is 10.9. The maximum atomic E-state index is 9.64. The second-order valence-corrected chi connectivity index (χ2v) is 2.76. The normalized spacial score (nSPS) is 9.14. The predicted octanol–water partition coefficient (Wildman–Crippen LogP) is -0.457. The van der Waals surface area contributed by atoms with Crippen molar-refractivity contribution in [3.63, 3.8) is 0 Å². The Hall–Kier alpha value is -1.14. The van der Waals surface area contributed by atoms with Crippen LogP contribution < -0.4 is 0 Å². The summed E-state index contributed by atoms with van der Waals surface area (Å²) in [4.78, 5) is 19.3. The Morgan fingerprint density at radius 3 is 1.36 bits per heavy atom. The van der Waals surface area contributed by atoms with Crippen molar-refractivity contribution in [3.05, 3.63) is 0 Å². The smallest absolute Gasteiger partial charge is 0.303 e. The molecule has 14 heavy (non-hydrogen) atoms. The zero-order chi connectivity index (χ0) is 11.6. The van der Waals surface area contributed by atoms with Crippen molar-refractivity contribution < 1.29 is 30.0 Å². The van der Waals surface area contributed by atoms with E-state index in [1.807, 2.05) is 0 Å². The van der Waals surface area contributed by atoms with Crippen LogP contribution in [-0.4, -0.2) is 45.6 Å². The molecule has 0 unspecified atom stereocenters. The topological polar surface area (TPSA) is 115 Å². The van der Waals surface area contributed by atoms with E-state index < -0.39 is 11.9 Å². The van der Waals surface area contributed by atoms with Gasteiger partial charge in [0, 0.05) is 19.1 Å². The molecule has 0 saturated carbocycles. The molecule has 0 bridgehead atoms. The third-order valence-electron chi connectivity index (χ3n) is 1.18. The molecule has 0 saturated heterocycles. The molecule has 0 aromatic carbocycles. The average molecular weight is 208 g/mol. The van der Waals surface area contributed by atoms with Gasteiger partial charge in [-0.1, -0.05) is 6.92 Å². The number of carboxylic acid groups (broad SMARTS) is 2. The van der Waals surface area contributed by atoms with Crippen LogP contribution >= 0.6 is 0 Å². The average Bonchev–Trinajstić information content (AvgIpc) is 2.14. The number of carbonyl (C=O) groups is 2. The second-order valence-electron chi connectivity index (χ2n) is 2.76. The molecule has 0 aliphatic rings. The minimum Gasteiger partial charge on any atom is -0.481 e. The van der Waals surface area contributed by atoms with E-state index >= 15 is 0 Å². The highest BCUT2D eigenvalue weighted by Gasteiger charge is 2.00. The second kappa shape index (κ2) is 9.94. The van der Waals surface area contributed by atoms with Crippen LogP contribution in [0.2, 0.25) is 0 Å². The molecule has 4 N–H and O–H groups in total. The van der Waals surface area contributed by atoms with Crippen LogP contribution in [0.3, 0.4) is 0 Å². The van der Waals surface area contributed by atoms with Crippen molar-refractivity contribution in [2.24, 2.45) is 5.92 Å². The number of hydrogen-bond donors (Lipinski definition) is 4. The lowest BCUT2D eigenvalue weighted by Gasteiger charge is -1.97. The summed E-state index contributed by atoms with van der Waals surface area (Å²) in [5.41, 5.74) is 0. The summed E-state index contributed by atoms with van der Waals surface area (Å²) in [5.74, 6) is -2.11. The van der Waals surface area contributed by atoms with Crippen LogP contribution in [-0.2, 0) is 9.59 Å². The van der Waals surface area contributed by atoms with Crippen LogP contribution in [0.4, 0.5) is 0 Å². The first-order valence-electron chi connectivity index (χ1n) is 4.09. The predicted molar refractivity (Wildman–Crippen MR) is 47.8 cm³/mol. The summed E-state index contributed by atoms with van der Waals surface area (Å²) in [6.07, 6.45) is -0.593. The van der Waals surface area contributed by atoms with Crippen LogP contribution in [0.25, 0.3) is 0 Å². The number of aliphatic carboxylic acids is 2. The van der Waals surface area contributed by atoms with E-state index in [0.717, 1.165) is 0 Å². The molecular formula is C8H16O6. The maximum absolute atomic E-state index is 9.64. The lowest BCUT2D eigenvalue weighted by molar-refractivity contribution is -0.143. The minimum absolute atomic E-state index is 0.0463. The molecule has 0 aromatic rings. The van der Waals surface area contributed by atoms with Gasteiger partial charge in [0.1, 0.15) is 0 Å². The molecule has 0 amide bonds. The molecule has 0 spiro atoms. The van der Waals surface area contributed by atoms with Gasteiger partial charge in [0.15, 0.2) is 0 Å². The summed E-state index contributed by atoms with van der Waals surface area (Å²) in [6, 6.07) is 0. The monoisotopic (exact) mass is 208 g/mol. The first kappa shape index (κ1) is 15.3. The molecule has 0 aromatic heterocycles. The molecule has 0 aliphatic heterocycles. The Balaban J connectivity index is 0. The fourth-order valence-corrected chi connectivity index (χ4v) is 0.272. The molecule has 0 atom stereocenters. The molecule has 0 fully saturated rings. The summed E-state index contributed by atoms with van der Waals surface area (Å²) in [6.45, 7) is 1.94.